The quantitative estimate of drug-likeness (QED) is 0.660. The number of thiophene rings is 1. The molecule has 1 heterocycles. The fraction of sp³-hybridized carbons (Fsp3) is 0.368. The van der Waals surface area contributed by atoms with E-state index in [1.807, 2.05) is 12.1 Å². The first-order chi connectivity index (χ1) is 10.3. The molecule has 0 aliphatic rings. The van der Waals surface area contributed by atoms with Crippen LogP contribution in [0.2, 0.25) is 5.02 Å². The fourth-order valence-electron chi connectivity index (χ4n) is 2.08. The summed E-state index contributed by atoms with van der Waals surface area (Å²) in [6, 6.07) is 6.10. The smallest absolute Gasteiger partial charge is 0.0413 e. The SMILES string of the molecule is CN(C/C=C/C#CC(C)(C)C)Cc1csc2ccc(Cl)cc12. The number of benzene rings is 1. The van der Waals surface area contributed by atoms with Gasteiger partial charge in [0.05, 0.1) is 0 Å². The summed E-state index contributed by atoms with van der Waals surface area (Å²) in [5, 5.41) is 4.29. The Labute approximate surface area is 142 Å². The van der Waals surface area contributed by atoms with E-state index < -0.39 is 0 Å². The van der Waals surface area contributed by atoms with Crippen molar-refractivity contribution in [3.8, 4) is 11.8 Å². The van der Waals surface area contributed by atoms with E-state index in [2.05, 4.69) is 68.1 Å². The summed E-state index contributed by atoms with van der Waals surface area (Å²) in [7, 11) is 2.12. The van der Waals surface area contributed by atoms with Gasteiger partial charge in [-0.3, -0.25) is 4.90 Å². The molecule has 0 spiro atoms. The second-order valence-electron chi connectivity index (χ2n) is 6.52. The number of fused-ring (bicyclic) bond motifs is 1. The van der Waals surface area contributed by atoms with Gasteiger partial charge < -0.3 is 0 Å². The van der Waals surface area contributed by atoms with E-state index in [1.54, 1.807) is 11.3 Å². The molecule has 1 aromatic carbocycles. The minimum atomic E-state index is 0.0606. The molecule has 116 valence electrons. The molecule has 22 heavy (non-hydrogen) atoms. The highest BCUT2D eigenvalue weighted by Gasteiger charge is 2.07. The lowest BCUT2D eigenvalue weighted by Gasteiger charge is -2.13. The van der Waals surface area contributed by atoms with Gasteiger partial charge in [0.25, 0.3) is 0 Å². The maximum atomic E-state index is 6.10. The average molecular weight is 332 g/mol. The molecular weight excluding hydrogens is 310 g/mol. The molecule has 2 aromatic rings. The van der Waals surface area contributed by atoms with Crippen molar-refractivity contribution in [2.24, 2.45) is 5.41 Å². The Morgan fingerprint density at radius 1 is 1.32 bits per heavy atom. The summed E-state index contributed by atoms with van der Waals surface area (Å²) in [4.78, 5) is 2.28. The molecule has 0 N–H and O–H groups in total. The Morgan fingerprint density at radius 2 is 2.09 bits per heavy atom. The predicted octanol–water partition coefficient (Wildman–Crippen LogP) is 5.59. The number of rotatable bonds is 4. The highest BCUT2D eigenvalue weighted by molar-refractivity contribution is 7.17. The highest BCUT2D eigenvalue weighted by Crippen LogP contribution is 2.29. The third-order valence-electron chi connectivity index (χ3n) is 3.12. The van der Waals surface area contributed by atoms with Crippen LogP contribution in [0, 0.1) is 17.3 Å². The first-order valence-corrected chi connectivity index (χ1v) is 8.63. The maximum Gasteiger partial charge on any atom is 0.0413 e. The third kappa shape index (κ3) is 5.18. The summed E-state index contributed by atoms with van der Waals surface area (Å²) in [6.07, 6.45) is 4.06. The molecule has 1 nitrogen and oxygen atoms in total. The van der Waals surface area contributed by atoms with Gasteiger partial charge in [0, 0.05) is 28.2 Å². The van der Waals surface area contributed by atoms with Gasteiger partial charge in [0.1, 0.15) is 0 Å². The van der Waals surface area contributed by atoms with Crippen LogP contribution in [0.1, 0.15) is 26.3 Å². The van der Waals surface area contributed by atoms with Crippen molar-refractivity contribution in [1.82, 2.24) is 4.90 Å². The van der Waals surface area contributed by atoms with Crippen LogP contribution >= 0.6 is 22.9 Å². The van der Waals surface area contributed by atoms with E-state index >= 15 is 0 Å². The molecule has 0 radical (unpaired) electrons. The number of halogens is 1. The van der Waals surface area contributed by atoms with Crippen LogP contribution in [-0.2, 0) is 6.54 Å². The first-order valence-electron chi connectivity index (χ1n) is 7.37. The third-order valence-corrected chi connectivity index (χ3v) is 4.37. The maximum absolute atomic E-state index is 6.10. The predicted molar refractivity (Wildman–Crippen MR) is 99.5 cm³/mol. The van der Waals surface area contributed by atoms with Crippen LogP contribution in [0.5, 0.6) is 0 Å². The summed E-state index contributed by atoms with van der Waals surface area (Å²) in [6.45, 7) is 8.15. The minimum Gasteiger partial charge on any atom is -0.298 e. The fourth-order valence-corrected chi connectivity index (χ4v) is 3.19. The van der Waals surface area contributed by atoms with Crippen molar-refractivity contribution in [3.63, 3.8) is 0 Å². The molecule has 0 saturated carbocycles. The zero-order valence-corrected chi connectivity index (χ0v) is 15.2. The average Bonchev–Trinajstić information content (AvgIpc) is 2.79. The number of hydrogen-bond acceptors (Lipinski definition) is 2. The second kappa shape index (κ2) is 7.33. The lowest BCUT2D eigenvalue weighted by Crippen LogP contribution is -2.17. The summed E-state index contributed by atoms with van der Waals surface area (Å²) < 4.78 is 1.29. The first kappa shape index (κ1) is 17.1. The van der Waals surface area contributed by atoms with Crippen LogP contribution in [0.4, 0.5) is 0 Å². The number of hydrogen-bond donors (Lipinski definition) is 0. The van der Waals surface area contributed by atoms with E-state index in [0.29, 0.717) is 0 Å². The zero-order chi connectivity index (χ0) is 16.2. The lowest BCUT2D eigenvalue weighted by molar-refractivity contribution is 0.365. The van der Waals surface area contributed by atoms with Crippen LogP contribution in [0.3, 0.4) is 0 Å². The molecule has 1 aromatic heterocycles. The molecule has 0 unspecified atom stereocenters. The Kier molecular flexibility index (Phi) is 5.69. The molecule has 0 bridgehead atoms. The molecule has 2 rings (SSSR count). The summed E-state index contributed by atoms with van der Waals surface area (Å²) >= 11 is 7.88. The van der Waals surface area contributed by atoms with E-state index in [4.69, 9.17) is 11.6 Å². The Balaban J connectivity index is 1.96. The minimum absolute atomic E-state index is 0.0606. The van der Waals surface area contributed by atoms with Gasteiger partial charge in [-0.15, -0.1) is 11.3 Å². The lowest BCUT2D eigenvalue weighted by atomic mass is 9.98. The van der Waals surface area contributed by atoms with Crippen LogP contribution in [-0.4, -0.2) is 18.5 Å². The summed E-state index contributed by atoms with van der Waals surface area (Å²) in [5.41, 5.74) is 1.39. The largest absolute Gasteiger partial charge is 0.298 e. The Morgan fingerprint density at radius 3 is 2.82 bits per heavy atom. The normalized spacial score (nSPS) is 12.1. The van der Waals surface area contributed by atoms with Crippen molar-refractivity contribution in [2.45, 2.75) is 27.3 Å². The molecule has 0 saturated heterocycles. The van der Waals surface area contributed by atoms with E-state index in [9.17, 15) is 0 Å². The molecule has 0 fully saturated rings. The van der Waals surface area contributed by atoms with Crippen molar-refractivity contribution in [3.05, 3.63) is 46.3 Å². The van der Waals surface area contributed by atoms with Gasteiger partial charge >= 0.3 is 0 Å². The standard InChI is InChI=1S/C19H22ClNS/c1-19(2,3)10-6-5-7-11-21(4)13-15-14-22-18-9-8-16(20)12-17(15)18/h5,7-9,12,14H,11,13H2,1-4H3/b7-5+. The van der Waals surface area contributed by atoms with Crippen molar-refractivity contribution in [2.75, 3.05) is 13.6 Å². The highest BCUT2D eigenvalue weighted by atomic mass is 35.5. The van der Waals surface area contributed by atoms with Crippen LogP contribution in [0.25, 0.3) is 10.1 Å². The van der Waals surface area contributed by atoms with Gasteiger partial charge in [-0.1, -0.05) is 29.5 Å². The molecule has 3 heteroatoms. The summed E-state index contributed by atoms with van der Waals surface area (Å²) in [5.74, 6) is 6.31. The van der Waals surface area contributed by atoms with Gasteiger partial charge in [-0.25, -0.2) is 0 Å². The van der Waals surface area contributed by atoms with Gasteiger partial charge in [0.2, 0.25) is 0 Å². The van der Waals surface area contributed by atoms with Crippen molar-refractivity contribution in [1.29, 1.82) is 0 Å². The number of allylic oxidation sites excluding steroid dienone is 1. The van der Waals surface area contributed by atoms with Gasteiger partial charge in [-0.05, 0) is 68.4 Å². The Hall–Kier alpha value is -1.27. The molecule has 0 amide bonds. The second-order valence-corrected chi connectivity index (χ2v) is 7.87. The van der Waals surface area contributed by atoms with E-state index in [0.717, 1.165) is 18.1 Å². The van der Waals surface area contributed by atoms with Crippen molar-refractivity contribution >= 4 is 33.0 Å². The molecule has 0 atom stereocenters. The molecule has 0 aliphatic carbocycles. The zero-order valence-electron chi connectivity index (χ0n) is 13.6. The van der Waals surface area contributed by atoms with Crippen LogP contribution in [0.15, 0.2) is 35.7 Å². The van der Waals surface area contributed by atoms with E-state index in [1.165, 1.54) is 15.6 Å². The van der Waals surface area contributed by atoms with Crippen molar-refractivity contribution < 1.29 is 0 Å². The molecular formula is C19H22ClNS. The monoisotopic (exact) mass is 331 g/mol. The number of likely N-dealkylation sites (N-methyl/N-ethyl adjacent to an activating group) is 1. The van der Waals surface area contributed by atoms with Crippen LogP contribution < -0.4 is 0 Å². The molecule has 0 aliphatic heterocycles. The van der Waals surface area contributed by atoms with Gasteiger partial charge in [-0.2, -0.15) is 0 Å². The number of nitrogens with zero attached hydrogens (tertiary/aromatic N) is 1. The van der Waals surface area contributed by atoms with E-state index in [-0.39, 0.29) is 5.41 Å². The topological polar surface area (TPSA) is 3.24 Å². The Bertz CT molecular complexity index is 725. The van der Waals surface area contributed by atoms with Gasteiger partial charge in [0.15, 0.2) is 0 Å².